The van der Waals surface area contributed by atoms with E-state index in [0.29, 0.717) is 6.04 Å². The topological polar surface area (TPSA) is 12.0 Å². The molecule has 100 valence electrons. The van der Waals surface area contributed by atoms with Crippen molar-refractivity contribution >= 4 is 15.9 Å². The fourth-order valence-electron chi connectivity index (χ4n) is 2.92. The molecule has 18 heavy (non-hydrogen) atoms. The average molecular weight is 310 g/mol. The van der Waals surface area contributed by atoms with Crippen LogP contribution in [-0.2, 0) is 0 Å². The maximum Gasteiger partial charge on any atom is 0.0302 e. The van der Waals surface area contributed by atoms with Gasteiger partial charge in [-0.3, -0.25) is 0 Å². The van der Waals surface area contributed by atoms with Crippen molar-refractivity contribution in [1.82, 2.24) is 5.32 Å². The fraction of sp³-hybridized carbons (Fsp3) is 0.625. The van der Waals surface area contributed by atoms with E-state index in [1.54, 1.807) is 0 Å². The lowest BCUT2D eigenvalue weighted by Crippen LogP contribution is -2.22. The Morgan fingerprint density at radius 2 is 1.94 bits per heavy atom. The second kappa shape index (κ2) is 7.30. The molecule has 2 heteroatoms. The van der Waals surface area contributed by atoms with E-state index < -0.39 is 0 Å². The second-order valence-corrected chi connectivity index (χ2v) is 6.34. The Morgan fingerprint density at radius 3 is 2.67 bits per heavy atom. The van der Waals surface area contributed by atoms with Crippen LogP contribution in [0.15, 0.2) is 28.7 Å². The lowest BCUT2D eigenvalue weighted by molar-refractivity contribution is 0.329. The maximum absolute atomic E-state index is 3.66. The Hall–Kier alpha value is -0.340. The first-order valence-corrected chi connectivity index (χ1v) is 8.04. The SMILES string of the molecule is C[C@H](NCCC1CCCCC1)c1ccccc1Br. The van der Waals surface area contributed by atoms with E-state index in [1.165, 1.54) is 48.6 Å². The lowest BCUT2D eigenvalue weighted by Gasteiger charge is -2.23. The van der Waals surface area contributed by atoms with Gasteiger partial charge in [-0.2, -0.15) is 0 Å². The quantitative estimate of drug-likeness (QED) is 0.800. The van der Waals surface area contributed by atoms with Crippen LogP contribution in [-0.4, -0.2) is 6.54 Å². The molecule has 2 rings (SSSR count). The van der Waals surface area contributed by atoms with E-state index in [0.717, 1.165) is 12.5 Å². The number of rotatable bonds is 5. The van der Waals surface area contributed by atoms with E-state index in [-0.39, 0.29) is 0 Å². The number of hydrogen-bond donors (Lipinski definition) is 1. The zero-order valence-corrected chi connectivity index (χ0v) is 12.9. The van der Waals surface area contributed by atoms with Gasteiger partial charge in [-0.25, -0.2) is 0 Å². The van der Waals surface area contributed by atoms with Crippen molar-refractivity contribution in [2.45, 2.75) is 51.5 Å². The van der Waals surface area contributed by atoms with Crippen LogP contribution in [0.5, 0.6) is 0 Å². The van der Waals surface area contributed by atoms with Crippen LogP contribution in [0.1, 0.15) is 57.1 Å². The zero-order valence-electron chi connectivity index (χ0n) is 11.3. The van der Waals surface area contributed by atoms with Crippen LogP contribution in [0, 0.1) is 5.92 Å². The third-order valence-corrected chi connectivity index (χ3v) is 4.82. The van der Waals surface area contributed by atoms with Gasteiger partial charge in [0, 0.05) is 10.5 Å². The first kappa shape index (κ1) is 14.1. The molecular formula is C16H24BrN. The number of hydrogen-bond acceptors (Lipinski definition) is 1. The van der Waals surface area contributed by atoms with Crippen molar-refractivity contribution in [3.8, 4) is 0 Å². The molecule has 0 aromatic heterocycles. The van der Waals surface area contributed by atoms with Gasteiger partial charge in [-0.15, -0.1) is 0 Å². The third kappa shape index (κ3) is 4.10. The Bertz CT molecular complexity index is 358. The van der Waals surface area contributed by atoms with Gasteiger partial charge in [0.15, 0.2) is 0 Å². The Labute approximate surface area is 119 Å². The molecule has 0 aliphatic heterocycles. The summed E-state index contributed by atoms with van der Waals surface area (Å²) in [6.07, 6.45) is 8.59. The van der Waals surface area contributed by atoms with E-state index in [4.69, 9.17) is 0 Å². The first-order chi connectivity index (χ1) is 8.77. The Kier molecular flexibility index (Phi) is 5.71. The summed E-state index contributed by atoms with van der Waals surface area (Å²) in [7, 11) is 0. The molecule has 0 unspecified atom stereocenters. The van der Waals surface area contributed by atoms with Crippen molar-refractivity contribution in [1.29, 1.82) is 0 Å². The standard InChI is InChI=1S/C16H24BrN/c1-13(15-9-5-6-10-16(15)17)18-12-11-14-7-3-2-4-8-14/h5-6,9-10,13-14,18H,2-4,7-8,11-12H2,1H3/t13-/m0/s1. The number of benzene rings is 1. The highest BCUT2D eigenvalue weighted by Crippen LogP contribution is 2.27. The van der Waals surface area contributed by atoms with E-state index in [1.807, 2.05) is 0 Å². The molecule has 1 atom stereocenters. The Balaban J connectivity index is 1.74. The van der Waals surface area contributed by atoms with Crippen LogP contribution < -0.4 is 5.32 Å². The average Bonchev–Trinajstić information content (AvgIpc) is 2.40. The highest BCUT2D eigenvalue weighted by Gasteiger charge is 2.14. The third-order valence-electron chi connectivity index (χ3n) is 4.10. The monoisotopic (exact) mass is 309 g/mol. The minimum Gasteiger partial charge on any atom is -0.310 e. The second-order valence-electron chi connectivity index (χ2n) is 5.49. The summed E-state index contributed by atoms with van der Waals surface area (Å²) in [6.45, 7) is 3.40. The van der Waals surface area contributed by atoms with Crippen LogP contribution in [0.25, 0.3) is 0 Å². The maximum atomic E-state index is 3.66. The largest absolute Gasteiger partial charge is 0.310 e. The molecule has 0 saturated heterocycles. The molecule has 0 bridgehead atoms. The molecule has 0 heterocycles. The summed E-state index contributed by atoms with van der Waals surface area (Å²) in [5.41, 5.74) is 1.36. The molecule has 1 aromatic rings. The smallest absolute Gasteiger partial charge is 0.0302 e. The molecular weight excluding hydrogens is 286 g/mol. The first-order valence-electron chi connectivity index (χ1n) is 7.25. The van der Waals surface area contributed by atoms with Crippen LogP contribution in [0.2, 0.25) is 0 Å². The predicted octanol–water partition coefficient (Wildman–Crippen LogP) is 5.07. The lowest BCUT2D eigenvalue weighted by atomic mass is 9.87. The Morgan fingerprint density at radius 1 is 1.22 bits per heavy atom. The highest BCUT2D eigenvalue weighted by molar-refractivity contribution is 9.10. The van der Waals surface area contributed by atoms with E-state index >= 15 is 0 Å². The van der Waals surface area contributed by atoms with Gasteiger partial charge in [-0.1, -0.05) is 66.2 Å². The van der Waals surface area contributed by atoms with Crippen LogP contribution in [0.4, 0.5) is 0 Å². The summed E-state index contributed by atoms with van der Waals surface area (Å²) in [5.74, 6) is 0.970. The van der Waals surface area contributed by atoms with Crippen molar-refractivity contribution in [3.05, 3.63) is 34.3 Å². The normalized spacial score (nSPS) is 18.8. The molecule has 1 saturated carbocycles. The summed E-state index contributed by atoms with van der Waals surface area (Å²) in [6, 6.07) is 8.93. The van der Waals surface area contributed by atoms with E-state index in [9.17, 15) is 0 Å². The van der Waals surface area contributed by atoms with Crippen LogP contribution >= 0.6 is 15.9 Å². The van der Waals surface area contributed by atoms with Crippen LogP contribution in [0.3, 0.4) is 0 Å². The minimum absolute atomic E-state index is 0.434. The predicted molar refractivity (Wildman–Crippen MR) is 81.8 cm³/mol. The molecule has 1 aromatic carbocycles. The van der Waals surface area contributed by atoms with Crippen molar-refractivity contribution in [2.75, 3.05) is 6.54 Å². The molecule has 0 amide bonds. The van der Waals surface area contributed by atoms with Crippen molar-refractivity contribution < 1.29 is 0 Å². The summed E-state index contributed by atoms with van der Waals surface area (Å²) in [5, 5.41) is 3.66. The number of halogens is 1. The molecule has 1 aliphatic carbocycles. The van der Waals surface area contributed by atoms with E-state index in [2.05, 4.69) is 52.4 Å². The fourth-order valence-corrected chi connectivity index (χ4v) is 3.54. The van der Waals surface area contributed by atoms with Gasteiger partial charge >= 0.3 is 0 Å². The molecule has 1 nitrogen and oxygen atoms in total. The summed E-state index contributed by atoms with van der Waals surface area (Å²) < 4.78 is 1.21. The molecule has 1 fully saturated rings. The van der Waals surface area contributed by atoms with Crippen molar-refractivity contribution in [2.24, 2.45) is 5.92 Å². The molecule has 0 radical (unpaired) electrons. The molecule has 1 aliphatic rings. The van der Waals surface area contributed by atoms with Gasteiger partial charge in [0.25, 0.3) is 0 Å². The van der Waals surface area contributed by atoms with Gasteiger partial charge in [0.05, 0.1) is 0 Å². The summed E-state index contributed by atoms with van der Waals surface area (Å²) in [4.78, 5) is 0. The van der Waals surface area contributed by atoms with Crippen molar-refractivity contribution in [3.63, 3.8) is 0 Å². The van der Waals surface area contributed by atoms with Gasteiger partial charge in [0.1, 0.15) is 0 Å². The van der Waals surface area contributed by atoms with Gasteiger partial charge < -0.3 is 5.32 Å². The number of nitrogens with one attached hydrogen (secondary N) is 1. The minimum atomic E-state index is 0.434. The summed E-state index contributed by atoms with van der Waals surface area (Å²) >= 11 is 3.63. The zero-order chi connectivity index (χ0) is 12.8. The van der Waals surface area contributed by atoms with Gasteiger partial charge in [0.2, 0.25) is 0 Å². The molecule has 0 spiro atoms. The highest BCUT2D eigenvalue weighted by atomic mass is 79.9. The molecule has 1 N–H and O–H groups in total. The van der Waals surface area contributed by atoms with Gasteiger partial charge in [-0.05, 0) is 37.4 Å².